The number of aliphatic hydroxyl groups is 2. The standard InChI is InChI=1S/C10H19NO3/c1-14-10-6-11(5-9(10)13)7-3-2-4-8(7)12/h7-10,12-13H,2-6H2,1H3/t7-,8-,9+,10+/m0/s1. The van der Waals surface area contributed by atoms with Gasteiger partial charge in [0.05, 0.1) is 18.3 Å². The maximum absolute atomic E-state index is 9.73. The van der Waals surface area contributed by atoms with Gasteiger partial charge in [0.15, 0.2) is 0 Å². The maximum Gasteiger partial charge on any atom is 0.0969 e. The number of likely N-dealkylation sites (tertiary alicyclic amines) is 1. The van der Waals surface area contributed by atoms with Crippen molar-refractivity contribution in [1.82, 2.24) is 4.90 Å². The fraction of sp³-hybridized carbons (Fsp3) is 1.00. The molecule has 0 aromatic heterocycles. The number of ether oxygens (including phenoxy) is 1. The van der Waals surface area contributed by atoms with Crippen LogP contribution < -0.4 is 0 Å². The van der Waals surface area contributed by atoms with Crippen LogP contribution in [0.2, 0.25) is 0 Å². The van der Waals surface area contributed by atoms with E-state index in [0.717, 1.165) is 25.8 Å². The van der Waals surface area contributed by atoms with Crippen molar-refractivity contribution in [3.63, 3.8) is 0 Å². The molecule has 1 heterocycles. The summed E-state index contributed by atoms with van der Waals surface area (Å²) in [6.07, 6.45) is 2.35. The van der Waals surface area contributed by atoms with E-state index in [1.54, 1.807) is 7.11 Å². The van der Waals surface area contributed by atoms with Gasteiger partial charge < -0.3 is 14.9 Å². The molecule has 4 nitrogen and oxygen atoms in total. The van der Waals surface area contributed by atoms with Crippen LogP contribution in [0.15, 0.2) is 0 Å². The second-order valence-electron chi connectivity index (χ2n) is 4.36. The molecule has 2 rings (SSSR count). The molecule has 0 aromatic rings. The lowest BCUT2D eigenvalue weighted by atomic mass is 10.2. The second kappa shape index (κ2) is 4.14. The lowest BCUT2D eigenvalue weighted by molar-refractivity contribution is 0.0210. The number of methoxy groups -OCH3 is 1. The molecule has 0 spiro atoms. The zero-order chi connectivity index (χ0) is 10.1. The number of β-amino-alcohol motifs (C(OH)–C–C–N with tert-alkyl or cyclic N) is 1. The van der Waals surface area contributed by atoms with Gasteiger partial charge in [0.2, 0.25) is 0 Å². The lowest BCUT2D eigenvalue weighted by Gasteiger charge is -2.26. The molecule has 1 saturated heterocycles. The number of nitrogens with zero attached hydrogens (tertiary/aromatic N) is 1. The molecule has 2 N–H and O–H groups in total. The van der Waals surface area contributed by atoms with E-state index < -0.39 is 6.10 Å². The summed E-state index contributed by atoms with van der Waals surface area (Å²) < 4.78 is 5.18. The highest BCUT2D eigenvalue weighted by atomic mass is 16.5. The number of aliphatic hydroxyl groups excluding tert-OH is 2. The summed E-state index contributed by atoms with van der Waals surface area (Å²) in [4.78, 5) is 2.16. The van der Waals surface area contributed by atoms with E-state index in [2.05, 4.69) is 4.90 Å². The lowest BCUT2D eigenvalue weighted by Crippen LogP contribution is -2.39. The Bertz CT molecular complexity index is 200. The number of hydrogen-bond acceptors (Lipinski definition) is 4. The highest BCUT2D eigenvalue weighted by Crippen LogP contribution is 2.27. The Balaban J connectivity index is 1.94. The Morgan fingerprint density at radius 2 is 1.93 bits per heavy atom. The highest BCUT2D eigenvalue weighted by molar-refractivity contribution is 4.93. The van der Waals surface area contributed by atoms with E-state index in [1.165, 1.54) is 0 Å². The monoisotopic (exact) mass is 201 g/mol. The zero-order valence-corrected chi connectivity index (χ0v) is 8.59. The fourth-order valence-electron chi connectivity index (χ4n) is 2.63. The summed E-state index contributed by atoms with van der Waals surface area (Å²) >= 11 is 0. The van der Waals surface area contributed by atoms with Crippen molar-refractivity contribution in [1.29, 1.82) is 0 Å². The summed E-state index contributed by atoms with van der Waals surface area (Å²) in [5, 5.41) is 19.4. The fourth-order valence-corrected chi connectivity index (χ4v) is 2.63. The number of hydrogen-bond donors (Lipinski definition) is 2. The summed E-state index contributed by atoms with van der Waals surface area (Å²) in [5.74, 6) is 0. The van der Waals surface area contributed by atoms with E-state index in [4.69, 9.17) is 4.74 Å². The zero-order valence-electron chi connectivity index (χ0n) is 8.59. The molecular weight excluding hydrogens is 182 g/mol. The van der Waals surface area contributed by atoms with Crippen LogP contribution in [-0.4, -0.2) is 59.7 Å². The third-order valence-electron chi connectivity index (χ3n) is 3.48. The first-order chi connectivity index (χ1) is 6.72. The minimum Gasteiger partial charge on any atom is -0.391 e. The van der Waals surface area contributed by atoms with Gasteiger partial charge in [0.25, 0.3) is 0 Å². The Kier molecular flexibility index (Phi) is 3.07. The van der Waals surface area contributed by atoms with Crippen molar-refractivity contribution in [2.24, 2.45) is 0 Å². The molecule has 2 fully saturated rings. The molecule has 1 aliphatic heterocycles. The van der Waals surface area contributed by atoms with Crippen LogP contribution in [0.5, 0.6) is 0 Å². The Labute approximate surface area is 84.5 Å². The van der Waals surface area contributed by atoms with Gasteiger partial charge in [-0.1, -0.05) is 0 Å². The summed E-state index contributed by atoms with van der Waals surface area (Å²) in [7, 11) is 1.63. The van der Waals surface area contributed by atoms with E-state index in [0.29, 0.717) is 6.54 Å². The van der Waals surface area contributed by atoms with Gasteiger partial charge in [-0.3, -0.25) is 4.90 Å². The molecule has 2 aliphatic rings. The van der Waals surface area contributed by atoms with Crippen LogP contribution in [0.1, 0.15) is 19.3 Å². The quantitative estimate of drug-likeness (QED) is 0.638. The Morgan fingerprint density at radius 1 is 1.14 bits per heavy atom. The summed E-state index contributed by atoms with van der Waals surface area (Å²) in [6, 6.07) is 0.241. The number of rotatable bonds is 2. The molecule has 0 amide bonds. The van der Waals surface area contributed by atoms with Gasteiger partial charge >= 0.3 is 0 Å². The van der Waals surface area contributed by atoms with Crippen LogP contribution in [0.4, 0.5) is 0 Å². The summed E-state index contributed by atoms with van der Waals surface area (Å²) in [5.41, 5.74) is 0. The maximum atomic E-state index is 9.73. The minimum absolute atomic E-state index is 0.0807. The van der Waals surface area contributed by atoms with E-state index in [-0.39, 0.29) is 18.2 Å². The van der Waals surface area contributed by atoms with E-state index in [9.17, 15) is 10.2 Å². The molecular formula is C10H19NO3. The van der Waals surface area contributed by atoms with Gasteiger partial charge in [-0.05, 0) is 19.3 Å². The molecule has 0 bridgehead atoms. The van der Waals surface area contributed by atoms with Crippen molar-refractivity contribution < 1.29 is 14.9 Å². The van der Waals surface area contributed by atoms with Gasteiger partial charge in [0.1, 0.15) is 0 Å². The predicted molar refractivity (Wildman–Crippen MR) is 52.0 cm³/mol. The van der Waals surface area contributed by atoms with E-state index >= 15 is 0 Å². The van der Waals surface area contributed by atoms with Crippen LogP contribution in [0.3, 0.4) is 0 Å². The smallest absolute Gasteiger partial charge is 0.0969 e. The van der Waals surface area contributed by atoms with E-state index in [1.807, 2.05) is 0 Å². The molecule has 14 heavy (non-hydrogen) atoms. The largest absolute Gasteiger partial charge is 0.391 e. The van der Waals surface area contributed by atoms with Gasteiger partial charge in [-0.25, -0.2) is 0 Å². The third-order valence-corrected chi connectivity index (χ3v) is 3.48. The Morgan fingerprint density at radius 3 is 2.43 bits per heavy atom. The van der Waals surface area contributed by atoms with Crippen LogP contribution in [-0.2, 0) is 4.74 Å². The molecule has 82 valence electrons. The molecule has 1 aliphatic carbocycles. The van der Waals surface area contributed by atoms with Gasteiger partial charge in [-0.2, -0.15) is 0 Å². The van der Waals surface area contributed by atoms with Crippen LogP contribution in [0.25, 0.3) is 0 Å². The molecule has 4 heteroatoms. The predicted octanol–water partition coefficient (Wildman–Crippen LogP) is -0.409. The molecule has 0 aromatic carbocycles. The first kappa shape index (κ1) is 10.4. The molecule has 0 unspecified atom stereocenters. The molecule has 4 atom stereocenters. The van der Waals surface area contributed by atoms with Crippen molar-refractivity contribution in [2.45, 2.75) is 43.6 Å². The normalized spacial score (nSPS) is 44.8. The van der Waals surface area contributed by atoms with Gasteiger partial charge in [-0.15, -0.1) is 0 Å². The molecule has 0 radical (unpaired) electrons. The van der Waals surface area contributed by atoms with Gasteiger partial charge in [0, 0.05) is 26.2 Å². The van der Waals surface area contributed by atoms with Crippen molar-refractivity contribution >= 4 is 0 Å². The van der Waals surface area contributed by atoms with Crippen molar-refractivity contribution in [3.05, 3.63) is 0 Å². The minimum atomic E-state index is -0.396. The average Bonchev–Trinajstić information content (AvgIpc) is 2.71. The van der Waals surface area contributed by atoms with Crippen LogP contribution in [0, 0.1) is 0 Å². The van der Waals surface area contributed by atoms with Crippen LogP contribution >= 0.6 is 0 Å². The first-order valence-corrected chi connectivity index (χ1v) is 5.35. The highest BCUT2D eigenvalue weighted by Gasteiger charge is 2.39. The third kappa shape index (κ3) is 1.80. The topological polar surface area (TPSA) is 52.9 Å². The second-order valence-corrected chi connectivity index (χ2v) is 4.36. The average molecular weight is 201 g/mol. The molecule has 1 saturated carbocycles. The summed E-state index contributed by atoms with van der Waals surface area (Å²) in [6.45, 7) is 1.39. The van der Waals surface area contributed by atoms with Crippen molar-refractivity contribution in [3.8, 4) is 0 Å². The first-order valence-electron chi connectivity index (χ1n) is 5.35. The Hall–Kier alpha value is -0.160. The SMILES string of the molecule is CO[C@@H]1CN([C@H]2CCC[C@@H]2O)C[C@H]1O. The van der Waals surface area contributed by atoms with Crippen molar-refractivity contribution in [2.75, 3.05) is 20.2 Å².